The first kappa shape index (κ1) is 13.3. The molecular formula is C14H24N4. The van der Waals surface area contributed by atoms with E-state index in [-0.39, 0.29) is 0 Å². The molecule has 1 fully saturated rings. The molecule has 1 aliphatic carbocycles. The molecule has 0 saturated heterocycles. The summed E-state index contributed by atoms with van der Waals surface area (Å²) in [6, 6.07) is 2.63. The maximum absolute atomic E-state index is 4.32. The highest BCUT2D eigenvalue weighted by atomic mass is 15.1. The van der Waals surface area contributed by atoms with Gasteiger partial charge in [0.05, 0.1) is 0 Å². The number of nitrogens with one attached hydrogen (secondary N) is 2. The maximum atomic E-state index is 4.32. The first-order valence-electron chi connectivity index (χ1n) is 7.11. The minimum atomic E-state index is 0.715. The van der Waals surface area contributed by atoms with Crippen LogP contribution in [0.4, 0.5) is 5.95 Å². The van der Waals surface area contributed by atoms with E-state index in [9.17, 15) is 0 Å². The van der Waals surface area contributed by atoms with E-state index in [1.165, 1.54) is 38.5 Å². The van der Waals surface area contributed by atoms with Gasteiger partial charge in [0, 0.05) is 31.0 Å². The highest BCUT2D eigenvalue weighted by Gasteiger charge is 2.10. The third-order valence-electron chi connectivity index (χ3n) is 3.49. The molecule has 100 valence electrons. The molecule has 0 spiro atoms. The Hall–Kier alpha value is -1.16. The second kappa shape index (κ2) is 7.31. The fourth-order valence-corrected chi connectivity index (χ4v) is 2.47. The topological polar surface area (TPSA) is 49.8 Å². The summed E-state index contributed by atoms with van der Waals surface area (Å²) in [4.78, 5) is 8.51. The molecule has 0 radical (unpaired) electrons. The van der Waals surface area contributed by atoms with Crippen LogP contribution in [0, 0.1) is 6.92 Å². The highest BCUT2D eigenvalue weighted by molar-refractivity contribution is 5.24. The molecule has 0 atom stereocenters. The van der Waals surface area contributed by atoms with Crippen LogP contribution >= 0.6 is 0 Å². The Bertz CT molecular complexity index is 345. The average Bonchev–Trinajstić information content (AvgIpc) is 2.63. The van der Waals surface area contributed by atoms with E-state index in [1.807, 2.05) is 13.0 Å². The van der Waals surface area contributed by atoms with Crippen molar-refractivity contribution in [3.8, 4) is 0 Å². The van der Waals surface area contributed by atoms with Gasteiger partial charge in [-0.05, 0) is 25.8 Å². The summed E-state index contributed by atoms with van der Waals surface area (Å²) in [7, 11) is 0. The van der Waals surface area contributed by atoms with E-state index in [1.54, 1.807) is 6.20 Å². The summed E-state index contributed by atoms with van der Waals surface area (Å²) in [5.74, 6) is 0.734. The van der Waals surface area contributed by atoms with E-state index >= 15 is 0 Å². The second-order valence-electron chi connectivity index (χ2n) is 5.09. The van der Waals surface area contributed by atoms with Crippen LogP contribution in [0.5, 0.6) is 0 Å². The minimum absolute atomic E-state index is 0.715. The van der Waals surface area contributed by atoms with Crippen molar-refractivity contribution in [2.45, 2.75) is 51.5 Å². The molecule has 18 heavy (non-hydrogen) atoms. The second-order valence-corrected chi connectivity index (χ2v) is 5.09. The molecule has 0 amide bonds. The Morgan fingerprint density at radius 2 is 1.94 bits per heavy atom. The summed E-state index contributed by atoms with van der Waals surface area (Å²) in [5.41, 5.74) is 1.00. The zero-order valence-electron chi connectivity index (χ0n) is 11.3. The fourth-order valence-electron chi connectivity index (χ4n) is 2.47. The molecule has 0 unspecified atom stereocenters. The Labute approximate surface area is 110 Å². The lowest BCUT2D eigenvalue weighted by molar-refractivity contribution is 0.468. The van der Waals surface area contributed by atoms with Crippen molar-refractivity contribution in [2.75, 3.05) is 18.4 Å². The van der Waals surface area contributed by atoms with Crippen molar-refractivity contribution < 1.29 is 0 Å². The van der Waals surface area contributed by atoms with Gasteiger partial charge in [0.15, 0.2) is 0 Å². The van der Waals surface area contributed by atoms with Gasteiger partial charge in [-0.1, -0.05) is 25.7 Å². The van der Waals surface area contributed by atoms with Gasteiger partial charge in [-0.25, -0.2) is 9.97 Å². The summed E-state index contributed by atoms with van der Waals surface area (Å²) < 4.78 is 0. The van der Waals surface area contributed by atoms with Gasteiger partial charge in [0.25, 0.3) is 0 Å². The van der Waals surface area contributed by atoms with Crippen LogP contribution in [-0.2, 0) is 0 Å². The highest BCUT2D eigenvalue weighted by Crippen LogP contribution is 2.16. The number of anilines is 1. The number of aromatic nitrogens is 2. The normalized spacial score (nSPS) is 17.4. The molecule has 0 aromatic carbocycles. The van der Waals surface area contributed by atoms with Crippen LogP contribution in [0.1, 0.15) is 44.2 Å². The van der Waals surface area contributed by atoms with E-state index in [0.29, 0.717) is 6.04 Å². The van der Waals surface area contributed by atoms with Crippen LogP contribution < -0.4 is 10.6 Å². The van der Waals surface area contributed by atoms with E-state index in [2.05, 4.69) is 20.6 Å². The molecule has 1 aliphatic rings. The van der Waals surface area contributed by atoms with Crippen LogP contribution in [0.15, 0.2) is 12.3 Å². The van der Waals surface area contributed by atoms with Crippen LogP contribution in [0.2, 0.25) is 0 Å². The largest absolute Gasteiger partial charge is 0.353 e. The lowest BCUT2D eigenvalue weighted by Crippen LogP contribution is -2.32. The molecule has 1 aromatic heterocycles. The smallest absolute Gasteiger partial charge is 0.222 e. The fraction of sp³-hybridized carbons (Fsp3) is 0.714. The number of rotatable bonds is 5. The van der Waals surface area contributed by atoms with Gasteiger partial charge in [0.1, 0.15) is 0 Å². The molecule has 2 N–H and O–H groups in total. The number of hydrogen-bond acceptors (Lipinski definition) is 4. The van der Waals surface area contributed by atoms with Crippen molar-refractivity contribution in [3.63, 3.8) is 0 Å². The molecule has 1 heterocycles. The predicted molar refractivity (Wildman–Crippen MR) is 74.8 cm³/mol. The average molecular weight is 248 g/mol. The Kier molecular flexibility index (Phi) is 5.39. The third-order valence-corrected chi connectivity index (χ3v) is 3.49. The monoisotopic (exact) mass is 248 g/mol. The third kappa shape index (κ3) is 4.61. The standard InChI is InChI=1S/C14H24N4/c1-12-8-9-16-14(18-12)17-11-10-15-13-6-4-2-3-5-7-13/h8-9,13,15H,2-7,10-11H2,1H3,(H,16,17,18). The summed E-state index contributed by atoms with van der Waals surface area (Å²) in [6.07, 6.45) is 10.0. The lowest BCUT2D eigenvalue weighted by Gasteiger charge is -2.16. The van der Waals surface area contributed by atoms with Crippen LogP contribution in [0.25, 0.3) is 0 Å². The molecule has 2 rings (SSSR count). The number of nitrogens with zero attached hydrogens (tertiary/aromatic N) is 2. The Balaban J connectivity index is 1.63. The summed E-state index contributed by atoms with van der Waals surface area (Å²) in [6.45, 7) is 3.86. The minimum Gasteiger partial charge on any atom is -0.353 e. The molecule has 0 aliphatic heterocycles. The van der Waals surface area contributed by atoms with E-state index in [4.69, 9.17) is 0 Å². The first-order valence-corrected chi connectivity index (χ1v) is 7.11. The quantitative estimate of drug-likeness (QED) is 0.621. The number of hydrogen-bond donors (Lipinski definition) is 2. The number of aryl methyl sites for hydroxylation is 1. The van der Waals surface area contributed by atoms with Crippen LogP contribution in [-0.4, -0.2) is 29.1 Å². The van der Waals surface area contributed by atoms with Crippen molar-refractivity contribution in [1.29, 1.82) is 0 Å². The van der Waals surface area contributed by atoms with Crippen molar-refractivity contribution in [3.05, 3.63) is 18.0 Å². The summed E-state index contributed by atoms with van der Waals surface area (Å²) in [5, 5.41) is 6.88. The molecule has 1 saturated carbocycles. The maximum Gasteiger partial charge on any atom is 0.222 e. The van der Waals surface area contributed by atoms with Gasteiger partial charge in [-0.2, -0.15) is 0 Å². The predicted octanol–water partition coefficient (Wildman–Crippen LogP) is 2.51. The molecule has 4 heteroatoms. The van der Waals surface area contributed by atoms with Crippen molar-refractivity contribution in [2.24, 2.45) is 0 Å². The van der Waals surface area contributed by atoms with Crippen molar-refractivity contribution >= 4 is 5.95 Å². The molecular weight excluding hydrogens is 224 g/mol. The first-order chi connectivity index (χ1) is 8.84. The van der Waals surface area contributed by atoms with E-state index < -0.39 is 0 Å². The summed E-state index contributed by atoms with van der Waals surface area (Å²) >= 11 is 0. The van der Waals surface area contributed by atoms with E-state index in [0.717, 1.165) is 24.7 Å². The van der Waals surface area contributed by atoms with Gasteiger partial charge in [-0.3, -0.25) is 0 Å². The van der Waals surface area contributed by atoms with Gasteiger partial charge in [0.2, 0.25) is 5.95 Å². The van der Waals surface area contributed by atoms with Gasteiger partial charge >= 0.3 is 0 Å². The molecule has 1 aromatic rings. The molecule has 4 nitrogen and oxygen atoms in total. The Morgan fingerprint density at radius 1 is 1.17 bits per heavy atom. The van der Waals surface area contributed by atoms with Gasteiger partial charge in [-0.15, -0.1) is 0 Å². The SMILES string of the molecule is Cc1ccnc(NCCNC2CCCCCC2)n1. The lowest BCUT2D eigenvalue weighted by atomic mass is 10.1. The Morgan fingerprint density at radius 3 is 2.67 bits per heavy atom. The van der Waals surface area contributed by atoms with Gasteiger partial charge < -0.3 is 10.6 Å². The van der Waals surface area contributed by atoms with Crippen LogP contribution in [0.3, 0.4) is 0 Å². The van der Waals surface area contributed by atoms with Crippen molar-refractivity contribution in [1.82, 2.24) is 15.3 Å². The zero-order valence-corrected chi connectivity index (χ0v) is 11.3. The molecule has 0 bridgehead atoms. The zero-order chi connectivity index (χ0) is 12.6.